The summed E-state index contributed by atoms with van der Waals surface area (Å²) in [6.45, 7) is 5.18. The lowest BCUT2D eigenvalue weighted by Gasteiger charge is -2.40. The monoisotopic (exact) mass is 294 g/mol. The van der Waals surface area contributed by atoms with Gasteiger partial charge >= 0.3 is 0 Å². The second kappa shape index (κ2) is 6.17. The van der Waals surface area contributed by atoms with Crippen molar-refractivity contribution in [2.24, 2.45) is 0 Å². The van der Waals surface area contributed by atoms with Crippen LogP contribution in [-0.2, 0) is 20.8 Å². The van der Waals surface area contributed by atoms with Gasteiger partial charge in [0.15, 0.2) is 5.79 Å². The van der Waals surface area contributed by atoms with Crippen molar-refractivity contribution < 1.29 is 18.7 Å². The third-order valence-electron chi connectivity index (χ3n) is 4.20. The van der Waals surface area contributed by atoms with Crippen molar-refractivity contribution >= 4 is 5.91 Å². The molecule has 1 atom stereocenters. The summed E-state index contributed by atoms with van der Waals surface area (Å²) >= 11 is 0. The molecule has 0 saturated carbocycles. The SMILES string of the molecule is CC(C(=O)NCc1ccco1)N1CCCC2(C1)OCCO2. The van der Waals surface area contributed by atoms with E-state index in [4.69, 9.17) is 13.9 Å². The van der Waals surface area contributed by atoms with Gasteiger partial charge in [-0.1, -0.05) is 0 Å². The number of piperidine rings is 1. The van der Waals surface area contributed by atoms with Gasteiger partial charge in [-0.15, -0.1) is 0 Å². The molecule has 2 fully saturated rings. The third-order valence-corrected chi connectivity index (χ3v) is 4.20. The van der Waals surface area contributed by atoms with Gasteiger partial charge in [0.1, 0.15) is 5.76 Å². The van der Waals surface area contributed by atoms with Gasteiger partial charge in [-0.05, 0) is 32.0 Å². The number of rotatable bonds is 4. The number of nitrogens with zero attached hydrogens (tertiary/aromatic N) is 1. The average molecular weight is 294 g/mol. The van der Waals surface area contributed by atoms with Crippen molar-refractivity contribution in [1.82, 2.24) is 10.2 Å². The van der Waals surface area contributed by atoms with Crippen LogP contribution in [0.2, 0.25) is 0 Å². The van der Waals surface area contributed by atoms with E-state index in [9.17, 15) is 4.79 Å². The lowest BCUT2D eigenvalue weighted by molar-refractivity contribution is -0.193. The Morgan fingerprint density at radius 1 is 1.48 bits per heavy atom. The van der Waals surface area contributed by atoms with Gasteiger partial charge in [0.25, 0.3) is 0 Å². The highest BCUT2D eigenvalue weighted by atomic mass is 16.7. The molecule has 1 spiro atoms. The highest BCUT2D eigenvalue weighted by Crippen LogP contribution is 2.30. The first kappa shape index (κ1) is 14.6. The quantitative estimate of drug-likeness (QED) is 0.901. The zero-order valence-corrected chi connectivity index (χ0v) is 12.3. The molecule has 0 aromatic carbocycles. The lowest BCUT2D eigenvalue weighted by Crippen LogP contribution is -2.55. The number of nitrogens with one attached hydrogen (secondary N) is 1. The average Bonchev–Trinajstić information content (AvgIpc) is 3.16. The minimum absolute atomic E-state index is 0.00134. The molecule has 2 saturated heterocycles. The molecule has 3 rings (SSSR count). The molecule has 116 valence electrons. The molecule has 21 heavy (non-hydrogen) atoms. The maximum Gasteiger partial charge on any atom is 0.237 e. The minimum Gasteiger partial charge on any atom is -0.467 e. The van der Waals surface area contributed by atoms with Crippen molar-refractivity contribution in [2.45, 2.75) is 38.1 Å². The van der Waals surface area contributed by atoms with Crippen LogP contribution < -0.4 is 5.32 Å². The first-order valence-electron chi connectivity index (χ1n) is 7.51. The van der Waals surface area contributed by atoms with Crippen molar-refractivity contribution in [3.8, 4) is 0 Å². The molecule has 1 amide bonds. The van der Waals surface area contributed by atoms with E-state index in [-0.39, 0.29) is 11.9 Å². The molecule has 2 aliphatic heterocycles. The molecule has 0 radical (unpaired) electrons. The highest BCUT2D eigenvalue weighted by Gasteiger charge is 2.42. The summed E-state index contributed by atoms with van der Waals surface area (Å²) < 4.78 is 16.7. The van der Waals surface area contributed by atoms with Crippen LogP contribution in [0.25, 0.3) is 0 Å². The number of carbonyl (C=O) groups excluding carboxylic acids is 1. The molecule has 2 aliphatic rings. The molecular formula is C15H22N2O4. The van der Waals surface area contributed by atoms with Crippen LogP contribution >= 0.6 is 0 Å². The fraction of sp³-hybridized carbons (Fsp3) is 0.667. The molecule has 1 N–H and O–H groups in total. The van der Waals surface area contributed by atoms with Crippen LogP contribution in [0.1, 0.15) is 25.5 Å². The van der Waals surface area contributed by atoms with E-state index < -0.39 is 5.79 Å². The van der Waals surface area contributed by atoms with Crippen LogP contribution in [-0.4, -0.2) is 48.9 Å². The van der Waals surface area contributed by atoms with Crippen molar-refractivity contribution in [2.75, 3.05) is 26.3 Å². The predicted octanol–water partition coefficient (Wildman–Crippen LogP) is 1.12. The van der Waals surface area contributed by atoms with Crippen LogP contribution in [0.4, 0.5) is 0 Å². The lowest BCUT2D eigenvalue weighted by atomic mass is 10.0. The fourth-order valence-electron chi connectivity index (χ4n) is 2.98. The Morgan fingerprint density at radius 2 is 2.29 bits per heavy atom. The van der Waals surface area contributed by atoms with Crippen LogP contribution in [0.3, 0.4) is 0 Å². The molecule has 6 heteroatoms. The van der Waals surface area contributed by atoms with E-state index in [0.717, 1.165) is 25.1 Å². The van der Waals surface area contributed by atoms with Gasteiger partial charge < -0.3 is 19.2 Å². The zero-order valence-electron chi connectivity index (χ0n) is 12.3. The number of furan rings is 1. The van der Waals surface area contributed by atoms with Gasteiger partial charge in [-0.3, -0.25) is 9.69 Å². The summed E-state index contributed by atoms with van der Waals surface area (Å²) in [7, 11) is 0. The maximum atomic E-state index is 12.3. The number of carbonyl (C=O) groups is 1. The highest BCUT2D eigenvalue weighted by molar-refractivity contribution is 5.81. The topological polar surface area (TPSA) is 63.9 Å². The smallest absolute Gasteiger partial charge is 0.237 e. The van der Waals surface area contributed by atoms with Crippen LogP contribution in [0.15, 0.2) is 22.8 Å². The Hall–Kier alpha value is -1.37. The Bertz CT molecular complexity index is 468. The summed E-state index contributed by atoms with van der Waals surface area (Å²) in [4.78, 5) is 14.4. The second-order valence-corrected chi connectivity index (χ2v) is 5.65. The van der Waals surface area contributed by atoms with Gasteiger partial charge in [0, 0.05) is 6.42 Å². The standard InChI is InChI=1S/C15H22N2O4/c1-12(14(18)16-10-13-4-2-7-19-13)17-6-3-5-15(11-17)20-8-9-21-15/h2,4,7,12H,3,5-6,8-11H2,1H3,(H,16,18). The van der Waals surface area contributed by atoms with Gasteiger partial charge in [0.05, 0.1) is 38.6 Å². The van der Waals surface area contributed by atoms with Crippen LogP contribution in [0, 0.1) is 0 Å². The van der Waals surface area contributed by atoms with Crippen molar-refractivity contribution in [3.05, 3.63) is 24.2 Å². The van der Waals surface area contributed by atoms with E-state index in [1.165, 1.54) is 0 Å². The summed E-state index contributed by atoms with van der Waals surface area (Å²) in [5, 5.41) is 2.91. The molecule has 1 unspecified atom stereocenters. The fourth-order valence-corrected chi connectivity index (χ4v) is 2.98. The maximum absolute atomic E-state index is 12.3. The normalized spacial score (nSPS) is 23.3. The summed E-state index contributed by atoms with van der Waals surface area (Å²) in [5.41, 5.74) is 0. The van der Waals surface area contributed by atoms with E-state index in [1.54, 1.807) is 6.26 Å². The van der Waals surface area contributed by atoms with Gasteiger partial charge in [-0.2, -0.15) is 0 Å². The first-order valence-corrected chi connectivity index (χ1v) is 7.51. The van der Waals surface area contributed by atoms with Crippen molar-refractivity contribution in [3.63, 3.8) is 0 Å². The zero-order chi connectivity index (χ0) is 14.7. The van der Waals surface area contributed by atoms with E-state index >= 15 is 0 Å². The molecule has 1 aromatic heterocycles. The molecule has 3 heterocycles. The Morgan fingerprint density at radius 3 is 3.00 bits per heavy atom. The minimum atomic E-state index is -0.492. The number of amides is 1. The van der Waals surface area contributed by atoms with Gasteiger partial charge in [0.2, 0.25) is 5.91 Å². The first-order chi connectivity index (χ1) is 10.2. The number of hydrogen-bond acceptors (Lipinski definition) is 5. The van der Waals surface area contributed by atoms with E-state index in [0.29, 0.717) is 26.3 Å². The summed E-state index contributed by atoms with van der Waals surface area (Å²) in [6.07, 6.45) is 3.49. The van der Waals surface area contributed by atoms with E-state index in [2.05, 4.69) is 10.2 Å². The third kappa shape index (κ3) is 3.28. The molecule has 0 aliphatic carbocycles. The second-order valence-electron chi connectivity index (χ2n) is 5.65. The summed E-state index contributed by atoms with van der Waals surface area (Å²) in [6, 6.07) is 3.46. The molecular weight excluding hydrogens is 272 g/mol. The van der Waals surface area contributed by atoms with Crippen LogP contribution in [0.5, 0.6) is 0 Å². The molecule has 0 bridgehead atoms. The largest absolute Gasteiger partial charge is 0.467 e. The number of likely N-dealkylation sites (tertiary alicyclic amines) is 1. The number of ether oxygens (including phenoxy) is 2. The Labute approximate surface area is 124 Å². The predicted molar refractivity (Wildman–Crippen MR) is 75.5 cm³/mol. The summed E-state index contributed by atoms with van der Waals surface area (Å²) in [5.74, 6) is 0.267. The molecule has 1 aromatic rings. The van der Waals surface area contributed by atoms with Crippen molar-refractivity contribution in [1.29, 1.82) is 0 Å². The van der Waals surface area contributed by atoms with E-state index in [1.807, 2.05) is 19.1 Å². The molecule has 6 nitrogen and oxygen atoms in total. The van der Waals surface area contributed by atoms with Gasteiger partial charge in [-0.25, -0.2) is 0 Å². The number of hydrogen-bond donors (Lipinski definition) is 1. The Kier molecular flexibility index (Phi) is 4.28. The Balaban J connectivity index is 1.53.